The number of aromatic nitrogens is 2. The van der Waals surface area contributed by atoms with Crippen LogP contribution < -0.4 is 4.74 Å². The molecule has 92 valence electrons. The lowest BCUT2D eigenvalue weighted by Crippen LogP contribution is -1.98. The molecule has 18 heavy (non-hydrogen) atoms. The van der Waals surface area contributed by atoms with Crippen LogP contribution in [-0.4, -0.2) is 16.7 Å². The fourth-order valence-electron chi connectivity index (χ4n) is 2.01. The molecule has 0 saturated heterocycles. The normalized spacial score (nSPS) is 10.1. The average molecular weight is 241 g/mol. The average Bonchev–Trinajstić information content (AvgIpc) is 2.67. The molecule has 0 aliphatic heterocycles. The van der Waals surface area contributed by atoms with Crippen LogP contribution in [0.4, 0.5) is 0 Å². The Hall–Kier alpha value is -2.28. The van der Waals surface area contributed by atoms with Crippen LogP contribution in [0.15, 0.2) is 24.3 Å². The second-order valence-corrected chi connectivity index (χ2v) is 4.09. The molecule has 1 aromatic heterocycles. The Bertz CT molecular complexity index is 608. The zero-order valence-electron chi connectivity index (χ0n) is 10.8. The summed E-state index contributed by atoms with van der Waals surface area (Å²) >= 11 is 0. The number of ether oxygens (including phenoxy) is 1. The summed E-state index contributed by atoms with van der Waals surface area (Å²) < 4.78 is 7.18. The topological polar surface area (TPSA) is 50.8 Å². The van der Waals surface area contributed by atoms with Gasteiger partial charge in [-0.2, -0.15) is 5.26 Å². The van der Waals surface area contributed by atoms with Crippen LogP contribution >= 0.6 is 0 Å². The Morgan fingerprint density at radius 1 is 1.44 bits per heavy atom. The summed E-state index contributed by atoms with van der Waals surface area (Å²) in [6.45, 7) is 1.93. The molecule has 0 atom stereocenters. The van der Waals surface area contributed by atoms with Gasteiger partial charge in [-0.05, 0) is 19.1 Å². The van der Waals surface area contributed by atoms with E-state index in [4.69, 9.17) is 10.00 Å². The van der Waals surface area contributed by atoms with Crippen molar-refractivity contribution in [1.82, 2.24) is 9.55 Å². The van der Waals surface area contributed by atoms with Gasteiger partial charge in [-0.3, -0.25) is 0 Å². The number of nitriles is 1. The first-order valence-electron chi connectivity index (χ1n) is 5.71. The van der Waals surface area contributed by atoms with E-state index in [9.17, 15) is 0 Å². The van der Waals surface area contributed by atoms with Crippen molar-refractivity contribution in [2.45, 2.75) is 13.3 Å². The van der Waals surface area contributed by atoms with Gasteiger partial charge in [0.05, 0.1) is 31.0 Å². The standard InChI is InChI=1S/C14H15N3O/c1-10-13(7-8-15)17(2)14(16-10)11-5-4-6-12(9-11)18-3/h4-6,9H,7H2,1-3H3. The van der Waals surface area contributed by atoms with Crippen molar-refractivity contribution in [2.24, 2.45) is 7.05 Å². The fraction of sp³-hybridized carbons (Fsp3) is 0.286. The second kappa shape index (κ2) is 4.92. The summed E-state index contributed by atoms with van der Waals surface area (Å²) in [5.74, 6) is 1.66. The fourth-order valence-corrected chi connectivity index (χ4v) is 2.01. The van der Waals surface area contributed by atoms with E-state index in [0.717, 1.165) is 28.5 Å². The van der Waals surface area contributed by atoms with E-state index in [1.165, 1.54) is 0 Å². The number of aryl methyl sites for hydroxylation is 1. The first kappa shape index (κ1) is 12.2. The highest BCUT2D eigenvalue weighted by Gasteiger charge is 2.13. The minimum absolute atomic E-state index is 0.374. The molecule has 4 nitrogen and oxygen atoms in total. The quantitative estimate of drug-likeness (QED) is 0.829. The monoisotopic (exact) mass is 241 g/mol. The molecule has 0 N–H and O–H groups in total. The third kappa shape index (κ3) is 2.07. The van der Waals surface area contributed by atoms with E-state index in [0.29, 0.717) is 6.42 Å². The van der Waals surface area contributed by atoms with E-state index in [1.54, 1.807) is 7.11 Å². The van der Waals surface area contributed by atoms with Crippen molar-refractivity contribution in [1.29, 1.82) is 5.26 Å². The van der Waals surface area contributed by atoms with Crippen molar-refractivity contribution >= 4 is 0 Å². The maximum absolute atomic E-state index is 8.82. The molecule has 0 spiro atoms. The number of methoxy groups -OCH3 is 1. The van der Waals surface area contributed by atoms with Crippen molar-refractivity contribution in [3.8, 4) is 23.2 Å². The van der Waals surface area contributed by atoms with Crippen LogP contribution in [0.1, 0.15) is 11.4 Å². The van der Waals surface area contributed by atoms with E-state index < -0.39 is 0 Å². The predicted molar refractivity (Wildman–Crippen MR) is 69.3 cm³/mol. The third-order valence-corrected chi connectivity index (χ3v) is 2.99. The molecule has 1 heterocycles. The summed E-state index contributed by atoms with van der Waals surface area (Å²) in [6, 6.07) is 9.93. The van der Waals surface area contributed by atoms with Gasteiger partial charge in [0.1, 0.15) is 11.6 Å². The predicted octanol–water partition coefficient (Wildman–Crippen LogP) is 2.47. The maximum Gasteiger partial charge on any atom is 0.140 e. The lowest BCUT2D eigenvalue weighted by molar-refractivity contribution is 0.415. The van der Waals surface area contributed by atoms with Crippen molar-refractivity contribution in [3.63, 3.8) is 0 Å². The number of nitrogens with zero attached hydrogens (tertiary/aromatic N) is 3. The highest BCUT2D eigenvalue weighted by molar-refractivity contribution is 5.59. The smallest absolute Gasteiger partial charge is 0.140 e. The molecule has 0 bridgehead atoms. The van der Waals surface area contributed by atoms with Gasteiger partial charge in [-0.15, -0.1) is 0 Å². The van der Waals surface area contributed by atoms with E-state index in [-0.39, 0.29) is 0 Å². The minimum atomic E-state index is 0.374. The highest BCUT2D eigenvalue weighted by Crippen LogP contribution is 2.24. The Labute approximate surface area is 106 Å². The molecule has 0 fully saturated rings. The van der Waals surface area contributed by atoms with Gasteiger partial charge in [0.25, 0.3) is 0 Å². The summed E-state index contributed by atoms with van der Waals surface area (Å²) in [7, 11) is 3.57. The molecule has 2 rings (SSSR count). The van der Waals surface area contributed by atoms with Crippen LogP contribution in [-0.2, 0) is 13.5 Å². The lowest BCUT2D eigenvalue weighted by atomic mass is 10.2. The molecule has 4 heteroatoms. The number of imidazole rings is 1. The number of hydrogen-bond acceptors (Lipinski definition) is 3. The molecule has 0 aliphatic carbocycles. The Morgan fingerprint density at radius 2 is 2.22 bits per heavy atom. The van der Waals surface area contributed by atoms with Gasteiger partial charge < -0.3 is 9.30 Å². The van der Waals surface area contributed by atoms with E-state index in [2.05, 4.69) is 11.1 Å². The van der Waals surface area contributed by atoms with Crippen LogP contribution in [0.25, 0.3) is 11.4 Å². The summed E-state index contributed by atoms with van der Waals surface area (Å²) in [5, 5.41) is 8.82. The first-order chi connectivity index (χ1) is 8.67. The van der Waals surface area contributed by atoms with Gasteiger partial charge in [0, 0.05) is 12.6 Å². The first-order valence-corrected chi connectivity index (χ1v) is 5.71. The van der Waals surface area contributed by atoms with E-state index in [1.807, 2.05) is 42.8 Å². The van der Waals surface area contributed by atoms with Crippen LogP contribution in [0.2, 0.25) is 0 Å². The van der Waals surface area contributed by atoms with Crippen molar-refractivity contribution in [2.75, 3.05) is 7.11 Å². The molecule has 0 aliphatic rings. The molecule has 0 saturated carbocycles. The highest BCUT2D eigenvalue weighted by atomic mass is 16.5. The number of hydrogen-bond donors (Lipinski definition) is 0. The molecule has 2 aromatic rings. The van der Waals surface area contributed by atoms with Crippen LogP contribution in [0, 0.1) is 18.3 Å². The summed E-state index contributed by atoms with van der Waals surface area (Å²) in [6.07, 6.45) is 0.374. The molecule has 0 unspecified atom stereocenters. The van der Waals surface area contributed by atoms with Gasteiger partial charge >= 0.3 is 0 Å². The van der Waals surface area contributed by atoms with Gasteiger partial charge in [0.2, 0.25) is 0 Å². The second-order valence-electron chi connectivity index (χ2n) is 4.09. The third-order valence-electron chi connectivity index (χ3n) is 2.99. The Balaban J connectivity index is 2.51. The molecular formula is C14H15N3O. The zero-order chi connectivity index (χ0) is 13.1. The minimum Gasteiger partial charge on any atom is -0.497 e. The van der Waals surface area contributed by atoms with Crippen LogP contribution in [0.5, 0.6) is 5.75 Å². The summed E-state index contributed by atoms with van der Waals surface area (Å²) in [5.41, 5.74) is 2.84. The Kier molecular flexibility index (Phi) is 3.33. The Morgan fingerprint density at radius 3 is 2.89 bits per heavy atom. The van der Waals surface area contributed by atoms with E-state index >= 15 is 0 Å². The van der Waals surface area contributed by atoms with Crippen molar-refractivity contribution < 1.29 is 4.74 Å². The lowest BCUT2D eigenvalue weighted by Gasteiger charge is -2.06. The van der Waals surface area contributed by atoms with Gasteiger partial charge in [-0.25, -0.2) is 4.98 Å². The maximum atomic E-state index is 8.82. The van der Waals surface area contributed by atoms with Crippen molar-refractivity contribution in [3.05, 3.63) is 35.7 Å². The largest absolute Gasteiger partial charge is 0.497 e. The van der Waals surface area contributed by atoms with Gasteiger partial charge in [-0.1, -0.05) is 12.1 Å². The molecule has 0 radical (unpaired) electrons. The zero-order valence-corrected chi connectivity index (χ0v) is 10.8. The molecule has 1 aromatic carbocycles. The summed E-state index contributed by atoms with van der Waals surface area (Å²) in [4.78, 5) is 4.53. The number of benzene rings is 1. The number of rotatable bonds is 3. The molecule has 0 amide bonds. The van der Waals surface area contributed by atoms with Crippen LogP contribution in [0.3, 0.4) is 0 Å². The van der Waals surface area contributed by atoms with Gasteiger partial charge in [0.15, 0.2) is 0 Å². The molecular weight excluding hydrogens is 226 g/mol. The SMILES string of the molecule is COc1cccc(-c2nc(C)c(CC#N)n2C)c1.